The fraction of sp³-hybridized carbons (Fsp3) is 0.357. The fourth-order valence-electron chi connectivity index (χ4n) is 2.38. The number of nitrogens with zero attached hydrogens (tertiary/aromatic N) is 3. The number of carbonyl (C=O) groups excluding carboxylic acids is 1. The van der Waals surface area contributed by atoms with E-state index in [1.807, 2.05) is 6.07 Å². The number of morpholine rings is 1. The summed E-state index contributed by atoms with van der Waals surface area (Å²) in [5.41, 5.74) is 6.05. The van der Waals surface area contributed by atoms with Crippen LogP contribution in [-0.2, 0) is 11.3 Å². The monoisotopic (exact) mass is 356 g/mol. The summed E-state index contributed by atoms with van der Waals surface area (Å²) in [6.07, 6.45) is -0.124. The average molecular weight is 357 g/mol. The number of hydrogen-bond acceptors (Lipinski definition) is 6. The van der Waals surface area contributed by atoms with Gasteiger partial charge in [-0.3, -0.25) is 9.69 Å². The molecular weight excluding hydrogens is 343 g/mol. The zero-order valence-corrected chi connectivity index (χ0v) is 13.5. The number of halogens is 2. The summed E-state index contributed by atoms with van der Waals surface area (Å²) < 4.78 is 10.6. The van der Waals surface area contributed by atoms with Crippen LogP contribution in [0.2, 0.25) is 10.0 Å². The molecule has 1 aliphatic rings. The summed E-state index contributed by atoms with van der Waals surface area (Å²) >= 11 is 12.0. The maximum atomic E-state index is 11.0. The van der Waals surface area contributed by atoms with Crippen LogP contribution in [0.25, 0.3) is 0 Å². The van der Waals surface area contributed by atoms with Gasteiger partial charge in [-0.2, -0.15) is 4.98 Å². The van der Waals surface area contributed by atoms with Crippen LogP contribution in [0.3, 0.4) is 0 Å². The van der Waals surface area contributed by atoms with Crippen LogP contribution in [0.5, 0.6) is 0 Å². The van der Waals surface area contributed by atoms with Gasteiger partial charge in [0.15, 0.2) is 5.82 Å². The third kappa shape index (κ3) is 3.81. The molecule has 9 heteroatoms. The van der Waals surface area contributed by atoms with E-state index in [0.717, 1.165) is 12.1 Å². The van der Waals surface area contributed by atoms with E-state index in [2.05, 4.69) is 15.0 Å². The molecule has 2 heterocycles. The molecule has 2 N–H and O–H groups in total. The van der Waals surface area contributed by atoms with Crippen molar-refractivity contribution in [2.45, 2.75) is 12.6 Å². The molecule has 1 unspecified atom stereocenters. The van der Waals surface area contributed by atoms with Crippen LogP contribution < -0.4 is 5.73 Å². The van der Waals surface area contributed by atoms with Crippen molar-refractivity contribution in [3.05, 3.63) is 45.5 Å². The van der Waals surface area contributed by atoms with E-state index in [9.17, 15) is 4.79 Å². The molecule has 1 aromatic heterocycles. The second kappa shape index (κ2) is 6.84. The molecule has 1 atom stereocenters. The minimum absolute atomic E-state index is 0.124. The SMILES string of the molecule is NC(=O)c1nc(CN2CCOC(c3ccc(Cl)c(Cl)c3)C2)no1. The number of amides is 1. The van der Waals surface area contributed by atoms with Crippen LogP contribution in [0.4, 0.5) is 0 Å². The summed E-state index contributed by atoms with van der Waals surface area (Å²) in [7, 11) is 0. The largest absolute Gasteiger partial charge is 0.371 e. The van der Waals surface area contributed by atoms with E-state index in [1.54, 1.807) is 12.1 Å². The van der Waals surface area contributed by atoms with Gasteiger partial charge in [0.05, 0.1) is 29.3 Å². The smallest absolute Gasteiger partial charge is 0.315 e. The molecular formula is C14H14Cl2N4O3. The van der Waals surface area contributed by atoms with Gasteiger partial charge in [0.2, 0.25) is 0 Å². The summed E-state index contributed by atoms with van der Waals surface area (Å²) in [5.74, 6) is -0.512. The first-order valence-corrected chi connectivity index (χ1v) is 7.70. The van der Waals surface area contributed by atoms with Crippen LogP contribution in [0, 0.1) is 0 Å². The number of rotatable bonds is 4. The van der Waals surface area contributed by atoms with E-state index in [0.29, 0.717) is 35.6 Å². The second-order valence-electron chi connectivity index (χ2n) is 5.15. The van der Waals surface area contributed by atoms with Gasteiger partial charge in [-0.25, -0.2) is 0 Å². The Hall–Kier alpha value is -1.67. The van der Waals surface area contributed by atoms with Crippen LogP contribution >= 0.6 is 23.2 Å². The van der Waals surface area contributed by atoms with Gasteiger partial charge >= 0.3 is 11.8 Å². The summed E-state index contributed by atoms with van der Waals surface area (Å²) in [6.45, 7) is 2.36. The lowest BCUT2D eigenvalue weighted by Crippen LogP contribution is -2.38. The molecule has 0 radical (unpaired) electrons. The zero-order valence-electron chi connectivity index (χ0n) is 12.0. The summed E-state index contributed by atoms with van der Waals surface area (Å²) in [6, 6.07) is 5.44. The topological polar surface area (TPSA) is 94.5 Å². The molecule has 1 aromatic carbocycles. The van der Waals surface area contributed by atoms with Gasteiger partial charge in [0.25, 0.3) is 0 Å². The third-order valence-electron chi connectivity index (χ3n) is 3.51. The maximum absolute atomic E-state index is 11.0. The molecule has 1 amide bonds. The molecule has 0 saturated carbocycles. The minimum Gasteiger partial charge on any atom is -0.371 e. The van der Waals surface area contributed by atoms with Gasteiger partial charge in [-0.05, 0) is 17.7 Å². The van der Waals surface area contributed by atoms with Crippen molar-refractivity contribution >= 4 is 29.1 Å². The molecule has 23 heavy (non-hydrogen) atoms. The Kier molecular flexibility index (Phi) is 4.82. The normalized spacial score (nSPS) is 19.0. The Morgan fingerprint density at radius 1 is 1.39 bits per heavy atom. The first-order valence-electron chi connectivity index (χ1n) is 6.94. The Labute approximate surface area is 142 Å². The van der Waals surface area contributed by atoms with Crippen LogP contribution in [0.1, 0.15) is 28.2 Å². The van der Waals surface area contributed by atoms with E-state index < -0.39 is 5.91 Å². The predicted molar refractivity (Wildman–Crippen MR) is 83.2 cm³/mol. The highest BCUT2D eigenvalue weighted by atomic mass is 35.5. The number of nitrogens with two attached hydrogens (primary N) is 1. The van der Waals surface area contributed by atoms with Crippen molar-refractivity contribution < 1.29 is 14.1 Å². The van der Waals surface area contributed by atoms with Crippen LogP contribution in [-0.4, -0.2) is 40.6 Å². The molecule has 1 saturated heterocycles. The molecule has 1 aliphatic heterocycles. The van der Waals surface area contributed by atoms with E-state index in [-0.39, 0.29) is 12.0 Å². The van der Waals surface area contributed by atoms with Gasteiger partial charge < -0.3 is 15.0 Å². The Morgan fingerprint density at radius 2 is 2.22 bits per heavy atom. The Bertz CT molecular complexity index is 722. The molecule has 0 spiro atoms. The van der Waals surface area contributed by atoms with E-state index in [1.165, 1.54) is 0 Å². The Balaban J connectivity index is 1.67. The number of primary amides is 1. The molecule has 2 aromatic rings. The molecule has 122 valence electrons. The molecule has 7 nitrogen and oxygen atoms in total. The summed E-state index contributed by atoms with van der Waals surface area (Å²) in [5, 5.41) is 4.75. The number of hydrogen-bond donors (Lipinski definition) is 1. The van der Waals surface area contributed by atoms with Crippen molar-refractivity contribution in [2.75, 3.05) is 19.7 Å². The van der Waals surface area contributed by atoms with Crippen molar-refractivity contribution in [1.29, 1.82) is 0 Å². The van der Waals surface area contributed by atoms with Crippen LogP contribution in [0.15, 0.2) is 22.7 Å². The number of aromatic nitrogens is 2. The molecule has 0 bridgehead atoms. The lowest BCUT2D eigenvalue weighted by atomic mass is 10.1. The molecule has 3 rings (SSSR count). The highest BCUT2D eigenvalue weighted by Crippen LogP contribution is 2.29. The second-order valence-corrected chi connectivity index (χ2v) is 5.96. The van der Waals surface area contributed by atoms with E-state index >= 15 is 0 Å². The van der Waals surface area contributed by atoms with Gasteiger partial charge in [0.1, 0.15) is 0 Å². The van der Waals surface area contributed by atoms with Gasteiger partial charge in [-0.1, -0.05) is 34.4 Å². The summed E-state index contributed by atoms with van der Waals surface area (Å²) in [4.78, 5) is 17.0. The zero-order chi connectivity index (χ0) is 16.4. The first kappa shape index (κ1) is 16.2. The number of benzene rings is 1. The lowest BCUT2D eigenvalue weighted by molar-refractivity contribution is -0.0338. The lowest BCUT2D eigenvalue weighted by Gasteiger charge is -2.32. The molecule has 1 fully saturated rings. The van der Waals surface area contributed by atoms with Crippen molar-refractivity contribution in [2.24, 2.45) is 5.73 Å². The highest BCUT2D eigenvalue weighted by molar-refractivity contribution is 6.42. The van der Waals surface area contributed by atoms with Crippen molar-refractivity contribution in [1.82, 2.24) is 15.0 Å². The van der Waals surface area contributed by atoms with Gasteiger partial charge in [-0.15, -0.1) is 0 Å². The fourth-order valence-corrected chi connectivity index (χ4v) is 2.69. The maximum Gasteiger partial charge on any atom is 0.315 e. The standard InChI is InChI=1S/C14H14Cl2N4O3/c15-9-2-1-8(5-10(9)16)11-6-20(3-4-22-11)7-12-18-14(13(17)21)23-19-12/h1-2,5,11H,3-4,6-7H2,(H2,17,21). The average Bonchev–Trinajstić information content (AvgIpc) is 2.99. The highest BCUT2D eigenvalue weighted by Gasteiger charge is 2.24. The quantitative estimate of drug-likeness (QED) is 0.900. The van der Waals surface area contributed by atoms with Gasteiger partial charge in [0, 0.05) is 13.1 Å². The molecule has 0 aliphatic carbocycles. The van der Waals surface area contributed by atoms with Crippen molar-refractivity contribution in [3.63, 3.8) is 0 Å². The Morgan fingerprint density at radius 3 is 2.91 bits per heavy atom. The minimum atomic E-state index is -0.737. The predicted octanol–water partition coefficient (Wildman–Crippen LogP) is 2.05. The third-order valence-corrected chi connectivity index (χ3v) is 4.25. The first-order chi connectivity index (χ1) is 11.0. The number of carbonyl (C=O) groups is 1. The van der Waals surface area contributed by atoms with E-state index in [4.69, 9.17) is 38.2 Å². The number of ether oxygens (including phenoxy) is 1. The van der Waals surface area contributed by atoms with Crippen molar-refractivity contribution in [3.8, 4) is 0 Å².